The molecule has 0 bridgehead atoms. The van der Waals surface area contributed by atoms with Crippen molar-refractivity contribution < 1.29 is 27.5 Å². The summed E-state index contributed by atoms with van der Waals surface area (Å²) in [6, 6.07) is 9.06. The number of fused-ring (bicyclic) bond motifs is 1. The molecule has 3 fully saturated rings. The van der Waals surface area contributed by atoms with Crippen LogP contribution in [0.25, 0.3) is 0 Å². The number of benzene rings is 1. The summed E-state index contributed by atoms with van der Waals surface area (Å²) in [5.74, 6) is -0.208. The predicted molar refractivity (Wildman–Crippen MR) is 122 cm³/mol. The van der Waals surface area contributed by atoms with Gasteiger partial charge in [-0.1, -0.05) is 30.3 Å². The van der Waals surface area contributed by atoms with Crippen molar-refractivity contribution in [1.82, 2.24) is 14.1 Å². The molecule has 2 amide bonds. The van der Waals surface area contributed by atoms with Crippen molar-refractivity contribution in [2.45, 2.75) is 25.3 Å². The summed E-state index contributed by atoms with van der Waals surface area (Å²) in [5.41, 5.74) is -0.0350. The van der Waals surface area contributed by atoms with Crippen LogP contribution in [-0.4, -0.2) is 106 Å². The number of nitrogens with zero attached hydrogens (tertiary/aromatic N) is 3. The van der Waals surface area contributed by atoms with Crippen LogP contribution in [0.4, 0.5) is 0 Å². The van der Waals surface area contributed by atoms with Gasteiger partial charge in [-0.05, 0) is 18.4 Å². The fraction of sp³-hybridized carbons (Fsp3) is 0.652. The zero-order valence-electron chi connectivity index (χ0n) is 19.1. The molecule has 4 rings (SSSR count). The topological polar surface area (TPSA) is 96.5 Å². The molecule has 3 aliphatic heterocycles. The van der Waals surface area contributed by atoms with Gasteiger partial charge in [-0.25, -0.2) is 8.42 Å². The van der Waals surface area contributed by atoms with Crippen LogP contribution in [0.5, 0.6) is 0 Å². The van der Waals surface area contributed by atoms with E-state index in [-0.39, 0.29) is 50.1 Å². The van der Waals surface area contributed by atoms with Gasteiger partial charge in [0, 0.05) is 45.9 Å². The number of carbonyl (C=O) groups is 2. The molecule has 3 heterocycles. The van der Waals surface area contributed by atoms with Gasteiger partial charge in [0.2, 0.25) is 21.8 Å². The van der Waals surface area contributed by atoms with Crippen LogP contribution in [0.2, 0.25) is 0 Å². The molecule has 3 saturated heterocycles. The van der Waals surface area contributed by atoms with Gasteiger partial charge in [-0.15, -0.1) is 0 Å². The normalized spacial score (nSPS) is 27.7. The first kappa shape index (κ1) is 24.1. The second-order valence-electron chi connectivity index (χ2n) is 9.01. The zero-order valence-corrected chi connectivity index (χ0v) is 20.0. The van der Waals surface area contributed by atoms with E-state index in [1.807, 2.05) is 30.3 Å². The Morgan fingerprint density at radius 3 is 2.55 bits per heavy atom. The van der Waals surface area contributed by atoms with Gasteiger partial charge in [0.1, 0.15) is 0 Å². The molecule has 0 aromatic heterocycles. The number of hydrogen-bond acceptors (Lipinski definition) is 6. The Balaban J connectivity index is 1.63. The number of morpholine rings is 1. The standard InChI is InChI=1S/C23H33N3O6S/c1-31-13-12-26-20-7-9-25(21(27)17-19-5-3-2-4-6-19)18-23(20,8-16-33(26,29)30)22(28)24-10-14-32-15-11-24/h2-6,20H,7-18H2,1H3/t20-,23+/m1/s1. The first-order valence-corrected chi connectivity index (χ1v) is 13.2. The molecule has 2 atom stereocenters. The Labute approximate surface area is 195 Å². The van der Waals surface area contributed by atoms with Crippen LogP contribution in [0.3, 0.4) is 0 Å². The highest BCUT2D eigenvalue weighted by molar-refractivity contribution is 7.89. The third-order valence-electron chi connectivity index (χ3n) is 7.09. The molecule has 1 aromatic rings. The van der Waals surface area contributed by atoms with E-state index in [4.69, 9.17) is 9.47 Å². The van der Waals surface area contributed by atoms with E-state index in [2.05, 4.69) is 0 Å². The second kappa shape index (κ2) is 10.1. The number of piperidine rings is 1. The largest absolute Gasteiger partial charge is 0.383 e. The first-order chi connectivity index (χ1) is 15.9. The molecule has 182 valence electrons. The number of sulfonamides is 1. The molecule has 0 aliphatic carbocycles. The Morgan fingerprint density at radius 1 is 1.12 bits per heavy atom. The molecule has 33 heavy (non-hydrogen) atoms. The van der Waals surface area contributed by atoms with Crippen molar-refractivity contribution in [3.05, 3.63) is 35.9 Å². The second-order valence-corrected chi connectivity index (χ2v) is 11.1. The zero-order chi connectivity index (χ0) is 23.5. The summed E-state index contributed by atoms with van der Waals surface area (Å²) in [5, 5.41) is 0. The number of methoxy groups -OCH3 is 1. The number of hydrogen-bond donors (Lipinski definition) is 0. The molecule has 10 heteroatoms. The number of amides is 2. The van der Waals surface area contributed by atoms with Gasteiger partial charge in [0.15, 0.2) is 0 Å². The van der Waals surface area contributed by atoms with Gasteiger partial charge in [-0.3, -0.25) is 9.59 Å². The van der Waals surface area contributed by atoms with Crippen LogP contribution in [0.15, 0.2) is 30.3 Å². The van der Waals surface area contributed by atoms with Crippen molar-refractivity contribution in [1.29, 1.82) is 0 Å². The molecule has 0 radical (unpaired) electrons. The molecule has 9 nitrogen and oxygen atoms in total. The molecule has 0 N–H and O–H groups in total. The lowest BCUT2D eigenvalue weighted by atomic mass is 9.71. The maximum absolute atomic E-state index is 13.9. The van der Waals surface area contributed by atoms with E-state index >= 15 is 0 Å². The highest BCUT2D eigenvalue weighted by Crippen LogP contribution is 2.44. The molecule has 0 spiro atoms. The Hall–Kier alpha value is -2.01. The minimum atomic E-state index is -3.50. The molecule has 3 aliphatic rings. The van der Waals surface area contributed by atoms with Crippen LogP contribution in [0, 0.1) is 5.41 Å². The summed E-state index contributed by atoms with van der Waals surface area (Å²) in [7, 11) is -1.97. The number of rotatable bonds is 6. The number of ether oxygens (including phenoxy) is 2. The summed E-state index contributed by atoms with van der Waals surface area (Å²) in [6.45, 7) is 3.02. The molecule has 0 saturated carbocycles. The lowest BCUT2D eigenvalue weighted by Gasteiger charge is -2.54. The van der Waals surface area contributed by atoms with E-state index in [1.165, 1.54) is 11.4 Å². The maximum atomic E-state index is 13.9. The van der Waals surface area contributed by atoms with E-state index in [1.54, 1.807) is 9.80 Å². The highest BCUT2D eigenvalue weighted by atomic mass is 32.2. The minimum absolute atomic E-state index is 0.0364. The highest BCUT2D eigenvalue weighted by Gasteiger charge is 2.58. The maximum Gasteiger partial charge on any atom is 0.232 e. The van der Waals surface area contributed by atoms with E-state index < -0.39 is 21.5 Å². The summed E-state index contributed by atoms with van der Waals surface area (Å²) in [6.07, 6.45) is 0.910. The average molecular weight is 480 g/mol. The van der Waals surface area contributed by atoms with Crippen LogP contribution >= 0.6 is 0 Å². The molecular weight excluding hydrogens is 446 g/mol. The monoisotopic (exact) mass is 479 g/mol. The van der Waals surface area contributed by atoms with Crippen LogP contribution < -0.4 is 0 Å². The number of carbonyl (C=O) groups excluding carboxylic acids is 2. The Bertz CT molecular complexity index is 950. The van der Waals surface area contributed by atoms with Crippen molar-refractivity contribution in [2.75, 3.05) is 65.4 Å². The minimum Gasteiger partial charge on any atom is -0.383 e. The van der Waals surface area contributed by atoms with E-state index in [0.29, 0.717) is 39.3 Å². The third-order valence-corrected chi connectivity index (χ3v) is 8.96. The Kier molecular flexibility index (Phi) is 7.37. The van der Waals surface area contributed by atoms with Gasteiger partial charge < -0.3 is 19.3 Å². The molecular formula is C23H33N3O6S. The van der Waals surface area contributed by atoms with Crippen molar-refractivity contribution in [3.8, 4) is 0 Å². The van der Waals surface area contributed by atoms with E-state index in [0.717, 1.165) is 5.56 Å². The van der Waals surface area contributed by atoms with Gasteiger partial charge in [0.25, 0.3) is 0 Å². The van der Waals surface area contributed by atoms with Crippen molar-refractivity contribution in [3.63, 3.8) is 0 Å². The molecule has 0 unspecified atom stereocenters. The van der Waals surface area contributed by atoms with Crippen LogP contribution in [-0.2, 0) is 35.5 Å². The van der Waals surface area contributed by atoms with Crippen LogP contribution in [0.1, 0.15) is 18.4 Å². The van der Waals surface area contributed by atoms with Gasteiger partial charge >= 0.3 is 0 Å². The lowest BCUT2D eigenvalue weighted by Crippen LogP contribution is -2.69. The van der Waals surface area contributed by atoms with Gasteiger partial charge in [0.05, 0.1) is 37.4 Å². The van der Waals surface area contributed by atoms with Crippen molar-refractivity contribution in [2.24, 2.45) is 5.41 Å². The summed E-state index contributed by atoms with van der Waals surface area (Å²) < 4.78 is 38.0. The fourth-order valence-electron chi connectivity index (χ4n) is 5.34. The number of likely N-dealkylation sites (tertiary alicyclic amines) is 1. The summed E-state index contributed by atoms with van der Waals surface area (Å²) >= 11 is 0. The average Bonchev–Trinajstić information content (AvgIpc) is 2.83. The predicted octanol–water partition coefficient (Wildman–Crippen LogP) is 0.357. The lowest BCUT2D eigenvalue weighted by molar-refractivity contribution is -0.158. The van der Waals surface area contributed by atoms with Gasteiger partial charge in [-0.2, -0.15) is 4.31 Å². The third kappa shape index (κ3) is 4.94. The quantitative estimate of drug-likeness (QED) is 0.585. The van der Waals surface area contributed by atoms with Crippen molar-refractivity contribution >= 4 is 21.8 Å². The Morgan fingerprint density at radius 2 is 1.85 bits per heavy atom. The smallest absolute Gasteiger partial charge is 0.232 e. The molecule has 1 aromatic carbocycles. The summed E-state index contributed by atoms with van der Waals surface area (Å²) in [4.78, 5) is 30.7. The fourth-order valence-corrected chi connectivity index (χ4v) is 7.24. The first-order valence-electron chi connectivity index (χ1n) is 11.5. The van der Waals surface area contributed by atoms with E-state index in [9.17, 15) is 18.0 Å². The SMILES string of the molecule is COCCN1[C@@H]2CCN(C(=O)Cc3ccccc3)C[C@@]2(C(=O)N2CCOCC2)CCS1(=O)=O.